The van der Waals surface area contributed by atoms with Gasteiger partial charge in [-0.1, -0.05) is 30.7 Å². The van der Waals surface area contributed by atoms with Crippen LogP contribution in [0.3, 0.4) is 0 Å². The molecule has 0 spiro atoms. The van der Waals surface area contributed by atoms with Crippen molar-refractivity contribution in [3.8, 4) is 0 Å². The summed E-state index contributed by atoms with van der Waals surface area (Å²) in [6, 6.07) is 12.5. The maximum atomic E-state index is 12.0. The summed E-state index contributed by atoms with van der Waals surface area (Å²) in [5.41, 5.74) is 4.25. The molecule has 0 fully saturated rings. The number of nitro benzene ring substituents is 1. The van der Waals surface area contributed by atoms with Gasteiger partial charge in [-0.05, 0) is 36.2 Å². The van der Waals surface area contributed by atoms with Crippen molar-refractivity contribution in [3.63, 3.8) is 0 Å². The van der Waals surface area contributed by atoms with Gasteiger partial charge in [-0.25, -0.2) is 5.43 Å². The predicted octanol–water partition coefficient (Wildman–Crippen LogP) is 3.79. The molecule has 0 aliphatic heterocycles. The van der Waals surface area contributed by atoms with Gasteiger partial charge in [-0.2, -0.15) is 5.10 Å². The van der Waals surface area contributed by atoms with E-state index in [4.69, 9.17) is 11.6 Å². The molecule has 0 aliphatic rings. The van der Waals surface area contributed by atoms with Crippen molar-refractivity contribution >= 4 is 28.9 Å². The smallest absolute Gasteiger partial charge is 0.267 e. The molecule has 118 valence electrons. The summed E-state index contributed by atoms with van der Waals surface area (Å²) in [5.74, 6) is -0.431. The molecule has 2 aromatic carbocycles. The molecule has 0 bridgehead atoms. The number of nitro groups is 1. The Morgan fingerprint density at radius 3 is 2.22 bits per heavy atom. The highest BCUT2D eigenvalue weighted by Crippen LogP contribution is 2.13. The number of nitrogens with one attached hydrogen (secondary N) is 1. The van der Waals surface area contributed by atoms with Crippen molar-refractivity contribution in [1.29, 1.82) is 0 Å². The topological polar surface area (TPSA) is 84.6 Å². The van der Waals surface area contributed by atoms with Crippen LogP contribution in [0.15, 0.2) is 53.6 Å². The Kier molecular flexibility index (Phi) is 5.43. The van der Waals surface area contributed by atoms with E-state index < -0.39 is 10.8 Å². The molecule has 2 rings (SSSR count). The van der Waals surface area contributed by atoms with E-state index in [0.717, 1.165) is 5.56 Å². The normalized spacial score (nSPS) is 11.1. The van der Waals surface area contributed by atoms with Gasteiger partial charge in [0.05, 0.1) is 10.6 Å². The van der Waals surface area contributed by atoms with Crippen LogP contribution in [0.2, 0.25) is 5.02 Å². The Morgan fingerprint density at radius 1 is 1.13 bits per heavy atom. The maximum absolute atomic E-state index is 12.0. The highest BCUT2D eigenvalue weighted by atomic mass is 35.5. The Hall–Kier alpha value is -2.73. The van der Waals surface area contributed by atoms with Gasteiger partial charge >= 0.3 is 0 Å². The quantitative estimate of drug-likeness (QED) is 0.514. The first-order valence-electron chi connectivity index (χ1n) is 6.88. The number of carbonyl (C=O) groups excluding carboxylic acids is 1. The van der Waals surface area contributed by atoms with Crippen molar-refractivity contribution in [2.75, 3.05) is 0 Å². The van der Waals surface area contributed by atoms with E-state index in [2.05, 4.69) is 10.5 Å². The van der Waals surface area contributed by atoms with Crippen LogP contribution in [-0.4, -0.2) is 16.5 Å². The molecule has 0 radical (unpaired) electrons. The average Bonchev–Trinajstić information content (AvgIpc) is 2.56. The third-order valence-electron chi connectivity index (χ3n) is 3.15. The van der Waals surface area contributed by atoms with Crippen LogP contribution in [0.1, 0.15) is 29.3 Å². The highest BCUT2D eigenvalue weighted by Gasteiger charge is 2.09. The van der Waals surface area contributed by atoms with Crippen LogP contribution >= 0.6 is 11.6 Å². The Bertz CT molecular complexity index is 740. The molecule has 0 saturated heterocycles. The van der Waals surface area contributed by atoms with Crippen molar-refractivity contribution in [2.45, 2.75) is 13.3 Å². The third-order valence-corrected chi connectivity index (χ3v) is 3.40. The van der Waals surface area contributed by atoms with Crippen molar-refractivity contribution in [1.82, 2.24) is 5.43 Å². The maximum Gasteiger partial charge on any atom is 0.271 e. The van der Waals surface area contributed by atoms with Gasteiger partial charge < -0.3 is 0 Å². The van der Waals surface area contributed by atoms with Gasteiger partial charge in [0, 0.05) is 22.7 Å². The molecule has 2 aromatic rings. The number of amides is 1. The summed E-state index contributed by atoms with van der Waals surface area (Å²) in [4.78, 5) is 22.1. The number of hydrazone groups is 1. The monoisotopic (exact) mass is 331 g/mol. The molecule has 0 aromatic heterocycles. The Morgan fingerprint density at radius 2 is 1.70 bits per heavy atom. The van der Waals surface area contributed by atoms with Crippen LogP contribution in [0.5, 0.6) is 0 Å². The van der Waals surface area contributed by atoms with E-state index >= 15 is 0 Å². The highest BCUT2D eigenvalue weighted by molar-refractivity contribution is 6.30. The van der Waals surface area contributed by atoms with Crippen LogP contribution in [0, 0.1) is 10.1 Å². The number of non-ortho nitro benzene ring substituents is 1. The summed E-state index contributed by atoms with van der Waals surface area (Å²) in [6.07, 6.45) is 0.627. The van der Waals surface area contributed by atoms with E-state index in [1.54, 1.807) is 12.1 Å². The molecule has 0 atom stereocenters. The number of nitrogens with zero attached hydrogens (tertiary/aromatic N) is 2. The number of halogens is 1. The first-order valence-corrected chi connectivity index (χ1v) is 7.26. The number of hydrogen-bond donors (Lipinski definition) is 1. The minimum Gasteiger partial charge on any atom is -0.267 e. The number of benzene rings is 2. The van der Waals surface area contributed by atoms with Gasteiger partial charge in [-0.15, -0.1) is 0 Å². The molecule has 0 unspecified atom stereocenters. The second-order valence-electron chi connectivity index (χ2n) is 4.66. The molecule has 6 nitrogen and oxygen atoms in total. The SMILES string of the molecule is CC/C(=N/NC(=O)c1ccc([N+](=O)[O-])cc1)c1ccc(Cl)cc1. The lowest BCUT2D eigenvalue weighted by molar-refractivity contribution is -0.384. The third kappa shape index (κ3) is 4.37. The number of hydrogen-bond acceptors (Lipinski definition) is 4. The largest absolute Gasteiger partial charge is 0.271 e. The lowest BCUT2D eigenvalue weighted by Crippen LogP contribution is -2.20. The van der Waals surface area contributed by atoms with E-state index in [1.807, 2.05) is 19.1 Å². The second-order valence-corrected chi connectivity index (χ2v) is 5.10. The van der Waals surface area contributed by atoms with Gasteiger partial charge in [-0.3, -0.25) is 14.9 Å². The zero-order valence-corrected chi connectivity index (χ0v) is 13.1. The average molecular weight is 332 g/mol. The standard InChI is InChI=1S/C16H14ClN3O3/c1-2-15(11-3-7-13(17)8-4-11)18-19-16(21)12-5-9-14(10-6-12)20(22)23/h3-10H,2H2,1H3,(H,19,21)/b18-15-. The first kappa shape index (κ1) is 16.6. The van der Waals surface area contributed by atoms with E-state index in [1.165, 1.54) is 24.3 Å². The first-order chi connectivity index (χ1) is 11.0. The van der Waals surface area contributed by atoms with Crippen LogP contribution < -0.4 is 5.43 Å². The number of carbonyl (C=O) groups is 1. The van der Waals surface area contributed by atoms with Gasteiger partial charge in [0.15, 0.2) is 0 Å². The molecule has 0 heterocycles. The second kappa shape index (κ2) is 7.51. The fourth-order valence-electron chi connectivity index (χ4n) is 1.91. The molecule has 1 amide bonds. The summed E-state index contributed by atoms with van der Waals surface area (Å²) in [7, 11) is 0. The zero-order chi connectivity index (χ0) is 16.8. The minimum atomic E-state index is -0.518. The van der Waals surface area contributed by atoms with Crippen LogP contribution in [0.25, 0.3) is 0 Å². The lowest BCUT2D eigenvalue weighted by atomic mass is 10.1. The van der Waals surface area contributed by atoms with Crippen molar-refractivity contribution in [3.05, 3.63) is 74.8 Å². The van der Waals surface area contributed by atoms with Crippen LogP contribution in [0.4, 0.5) is 5.69 Å². The molecule has 23 heavy (non-hydrogen) atoms. The van der Waals surface area contributed by atoms with Crippen LogP contribution in [-0.2, 0) is 0 Å². The van der Waals surface area contributed by atoms with Crippen molar-refractivity contribution in [2.24, 2.45) is 5.10 Å². The molecule has 0 aliphatic carbocycles. The minimum absolute atomic E-state index is 0.0690. The lowest BCUT2D eigenvalue weighted by Gasteiger charge is -2.05. The molecular weight excluding hydrogens is 318 g/mol. The van der Waals surface area contributed by atoms with E-state index in [9.17, 15) is 14.9 Å². The fourth-order valence-corrected chi connectivity index (χ4v) is 2.03. The Balaban J connectivity index is 2.11. The molecule has 1 N–H and O–H groups in total. The summed E-state index contributed by atoms with van der Waals surface area (Å²) < 4.78 is 0. The molecule has 7 heteroatoms. The van der Waals surface area contributed by atoms with Gasteiger partial charge in [0.25, 0.3) is 11.6 Å². The molecule has 0 saturated carbocycles. The van der Waals surface area contributed by atoms with Gasteiger partial charge in [0.2, 0.25) is 0 Å². The van der Waals surface area contributed by atoms with E-state index in [0.29, 0.717) is 22.7 Å². The summed E-state index contributed by atoms with van der Waals surface area (Å²) >= 11 is 5.84. The zero-order valence-electron chi connectivity index (χ0n) is 12.3. The molecular formula is C16H14ClN3O3. The van der Waals surface area contributed by atoms with E-state index in [-0.39, 0.29) is 5.69 Å². The summed E-state index contributed by atoms with van der Waals surface area (Å²) in [5, 5.41) is 15.3. The number of rotatable bonds is 5. The Labute approximate surface area is 137 Å². The summed E-state index contributed by atoms with van der Waals surface area (Å²) in [6.45, 7) is 1.92. The fraction of sp³-hybridized carbons (Fsp3) is 0.125. The predicted molar refractivity (Wildman–Crippen MR) is 88.8 cm³/mol. The van der Waals surface area contributed by atoms with Crippen molar-refractivity contribution < 1.29 is 9.72 Å². The van der Waals surface area contributed by atoms with Gasteiger partial charge in [0.1, 0.15) is 0 Å².